The van der Waals surface area contributed by atoms with E-state index < -0.39 is 0 Å². The van der Waals surface area contributed by atoms with Crippen LogP contribution in [0.3, 0.4) is 0 Å². The topological polar surface area (TPSA) is 83.0 Å². The Balaban J connectivity index is 1.93. The highest BCUT2D eigenvalue weighted by molar-refractivity contribution is 5.43. The van der Waals surface area contributed by atoms with Crippen LogP contribution >= 0.6 is 0 Å². The quantitative estimate of drug-likeness (QED) is 0.696. The lowest BCUT2D eigenvalue weighted by Crippen LogP contribution is -2.08. The van der Waals surface area contributed by atoms with Crippen LogP contribution < -0.4 is 4.74 Å². The van der Waals surface area contributed by atoms with Gasteiger partial charge in [0.25, 0.3) is 0 Å². The Hall–Kier alpha value is -2.51. The molecule has 0 aromatic carbocycles. The first-order chi connectivity index (χ1) is 9.69. The van der Waals surface area contributed by atoms with Crippen LogP contribution in [0.5, 0.6) is 5.88 Å². The molecule has 8 nitrogen and oxygen atoms in total. The number of rotatable bonds is 4. The molecular formula is C12H15N7O. The number of nitrogens with zero attached hydrogens (tertiary/aromatic N) is 7. The Bertz CT molecular complexity index is 745. The molecule has 0 bridgehead atoms. The first-order valence-electron chi connectivity index (χ1n) is 6.36. The highest BCUT2D eigenvalue weighted by Gasteiger charge is 2.11. The SMILES string of the molecule is CCc1cc2nnc(C)n2nc1OCc1ncnn1C. The average molecular weight is 273 g/mol. The van der Waals surface area contributed by atoms with Crippen LogP contribution in [-0.2, 0) is 20.1 Å². The zero-order valence-electron chi connectivity index (χ0n) is 11.6. The van der Waals surface area contributed by atoms with Gasteiger partial charge < -0.3 is 4.74 Å². The molecule has 3 rings (SSSR count). The fourth-order valence-electron chi connectivity index (χ4n) is 1.92. The van der Waals surface area contributed by atoms with Crippen molar-refractivity contribution in [1.82, 2.24) is 34.6 Å². The molecule has 8 heteroatoms. The van der Waals surface area contributed by atoms with E-state index in [9.17, 15) is 0 Å². The minimum Gasteiger partial charge on any atom is -0.468 e. The van der Waals surface area contributed by atoms with Crippen molar-refractivity contribution in [3.05, 3.63) is 29.6 Å². The van der Waals surface area contributed by atoms with Gasteiger partial charge in [-0.05, 0) is 19.4 Å². The molecule has 3 aromatic heterocycles. The third kappa shape index (κ3) is 2.09. The van der Waals surface area contributed by atoms with Gasteiger partial charge in [0.15, 0.2) is 17.3 Å². The fraction of sp³-hybridized carbons (Fsp3) is 0.417. The molecule has 3 heterocycles. The highest BCUT2D eigenvalue weighted by atomic mass is 16.5. The minimum atomic E-state index is 0.323. The van der Waals surface area contributed by atoms with Crippen molar-refractivity contribution in [3.63, 3.8) is 0 Å². The second kappa shape index (κ2) is 4.87. The van der Waals surface area contributed by atoms with Gasteiger partial charge in [0.05, 0.1) is 0 Å². The van der Waals surface area contributed by atoms with Crippen molar-refractivity contribution in [2.24, 2.45) is 7.05 Å². The molecule has 0 fully saturated rings. The van der Waals surface area contributed by atoms with Gasteiger partial charge >= 0.3 is 0 Å². The van der Waals surface area contributed by atoms with E-state index in [2.05, 4.69) is 25.4 Å². The molecule has 3 aromatic rings. The maximum absolute atomic E-state index is 5.77. The number of ether oxygens (including phenoxy) is 1. The molecule has 0 spiro atoms. The lowest BCUT2D eigenvalue weighted by molar-refractivity contribution is 0.271. The van der Waals surface area contributed by atoms with Crippen LogP contribution in [0.15, 0.2) is 12.4 Å². The van der Waals surface area contributed by atoms with Crippen molar-refractivity contribution in [2.75, 3.05) is 0 Å². The van der Waals surface area contributed by atoms with Crippen molar-refractivity contribution in [2.45, 2.75) is 26.9 Å². The van der Waals surface area contributed by atoms with Crippen molar-refractivity contribution >= 4 is 5.65 Å². The van der Waals surface area contributed by atoms with E-state index in [1.807, 2.05) is 27.0 Å². The molecule has 0 saturated carbocycles. The van der Waals surface area contributed by atoms with Crippen LogP contribution in [-0.4, -0.2) is 34.6 Å². The normalized spacial score (nSPS) is 11.2. The highest BCUT2D eigenvalue weighted by Crippen LogP contribution is 2.18. The van der Waals surface area contributed by atoms with Crippen LogP contribution in [0.2, 0.25) is 0 Å². The van der Waals surface area contributed by atoms with Crippen molar-refractivity contribution < 1.29 is 4.74 Å². The van der Waals surface area contributed by atoms with E-state index in [1.54, 1.807) is 9.20 Å². The summed E-state index contributed by atoms with van der Waals surface area (Å²) in [6, 6.07) is 1.94. The van der Waals surface area contributed by atoms with E-state index >= 15 is 0 Å². The predicted molar refractivity (Wildman–Crippen MR) is 70.2 cm³/mol. The van der Waals surface area contributed by atoms with Gasteiger partial charge in [-0.2, -0.15) is 9.61 Å². The summed E-state index contributed by atoms with van der Waals surface area (Å²) in [5.74, 6) is 2.05. The van der Waals surface area contributed by atoms with Crippen molar-refractivity contribution in [3.8, 4) is 5.88 Å². The average Bonchev–Trinajstić information content (AvgIpc) is 3.02. The van der Waals surface area contributed by atoms with Gasteiger partial charge in [-0.1, -0.05) is 6.92 Å². The molecule has 0 unspecified atom stereocenters. The first kappa shape index (κ1) is 12.5. The summed E-state index contributed by atoms with van der Waals surface area (Å²) >= 11 is 0. The lowest BCUT2D eigenvalue weighted by atomic mass is 10.2. The minimum absolute atomic E-state index is 0.323. The summed E-state index contributed by atoms with van der Waals surface area (Å²) in [6.45, 7) is 4.22. The summed E-state index contributed by atoms with van der Waals surface area (Å²) in [6.07, 6.45) is 2.31. The maximum Gasteiger partial charge on any atom is 0.235 e. The van der Waals surface area contributed by atoms with Crippen LogP contribution in [0.1, 0.15) is 24.1 Å². The van der Waals surface area contributed by atoms with Gasteiger partial charge in [-0.15, -0.1) is 15.3 Å². The maximum atomic E-state index is 5.77. The number of aryl methyl sites for hydroxylation is 3. The zero-order chi connectivity index (χ0) is 14.1. The molecule has 0 radical (unpaired) electrons. The van der Waals surface area contributed by atoms with Gasteiger partial charge in [0.2, 0.25) is 5.88 Å². The van der Waals surface area contributed by atoms with Gasteiger partial charge in [0.1, 0.15) is 12.9 Å². The third-order valence-electron chi connectivity index (χ3n) is 3.11. The molecular weight excluding hydrogens is 258 g/mol. The summed E-state index contributed by atoms with van der Waals surface area (Å²) < 4.78 is 9.12. The molecule has 20 heavy (non-hydrogen) atoms. The molecule has 104 valence electrons. The second-order valence-electron chi connectivity index (χ2n) is 4.43. The smallest absolute Gasteiger partial charge is 0.235 e. The lowest BCUT2D eigenvalue weighted by Gasteiger charge is -2.09. The van der Waals surface area contributed by atoms with E-state index in [0.717, 1.165) is 29.3 Å². The molecule has 0 atom stereocenters. The second-order valence-corrected chi connectivity index (χ2v) is 4.43. The molecule has 0 saturated heterocycles. The van der Waals surface area contributed by atoms with E-state index in [1.165, 1.54) is 6.33 Å². The number of aromatic nitrogens is 7. The largest absolute Gasteiger partial charge is 0.468 e. The number of hydrogen-bond acceptors (Lipinski definition) is 6. The van der Waals surface area contributed by atoms with E-state index in [0.29, 0.717) is 12.5 Å². The van der Waals surface area contributed by atoms with Gasteiger partial charge in [-0.25, -0.2) is 4.98 Å². The van der Waals surface area contributed by atoms with Crippen LogP contribution in [0.4, 0.5) is 0 Å². The summed E-state index contributed by atoms with van der Waals surface area (Å²) in [7, 11) is 1.83. The summed E-state index contributed by atoms with van der Waals surface area (Å²) in [5.41, 5.74) is 1.72. The molecule has 0 aliphatic rings. The zero-order valence-corrected chi connectivity index (χ0v) is 11.6. The third-order valence-corrected chi connectivity index (χ3v) is 3.11. The Morgan fingerprint density at radius 3 is 2.85 bits per heavy atom. The predicted octanol–water partition coefficient (Wildman–Crippen LogP) is 0.703. The Morgan fingerprint density at radius 2 is 2.15 bits per heavy atom. The monoisotopic (exact) mass is 273 g/mol. The number of fused-ring (bicyclic) bond motifs is 1. The standard InChI is InChI=1S/C12H15N7O/c1-4-9-5-10-16-15-8(2)19(10)17-12(9)20-6-11-13-7-14-18(11)3/h5,7H,4,6H2,1-3H3. The molecule has 0 amide bonds. The fourth-order valence-corrected chi connectivity index (χ4v) is 1.92. The molecule has 0 aliphatic heterocycles. The van der Waals surface area contributed by atoms with Gasteiger partial charge in [-0.3, -0.25) is 4.68 Å². The van der Waals surface area contributed by atoms with E-state index in [4.69, 9.17) is 4.74 Å². The summed E-state index contributed by atoms with van der Waals surface area (Å²) in [4.78, 5) is 4.12. The van der Waals surface area contributed by atoms with E-state index in [-0.39, 0.29) is 0 Å². The Kier molecular flexibility index (Phi) is 3.05. The molecule has 0 aliphatic carbocycles. The van der Waals surface area contributed by atoms with Crippen molar-refractivity contribution in [1.29, 1.82) is 0 Å². The van der Waals surface area contributed by atoms with Gasteiger partial charge in [0, 0.05) is 12.6 Å². The molecule has 0 N–H and O–H groups in total. The number of hydrogen-bond donors (Lipinski definition) is 0. The Labute approximate surface area is 115 Å². The van der Waals surface area contributed by atoms with Crippen LogP contribution in [0, 0.1) is 6.92 Å². The van der Waals surface area contributed by atoms with Crippen LogP contribution in [0.25, 0.3) is 5.65 Å². The Morgan fingerprint density at radius 1 is 1.30 bits per heavy atom. The first-order valence-corrected chi connectivity index (χ1v) is 6.36. The summed E-state index contributed by atoms with van der Waals surface area (Å²) in [5, 5.41) is 16.5.